The van der Waals surface area contributed by atoms with Crippen LogP contribution in [0.3, 0.4) is 0 Å². The largest absolute Gasteiger partial charge is 0.357 e. The molecule has 0 spiro atoms. The topological polar surface area (TPSA) is 69.6 Å². The van der Waals surface area contributed by atoms with E-state index in [1.165, 1.54) is 0 Å². The molecule has 1 saturated heterocycles. The first-order chi connectivity index (χ1) is 12.8. The van der Waals surface area contributed by atoms with E-state index < -0.39 is 0 Å². The van der Waals surface area contributed by atoms with E-state index in [0.717, 1.165) is 61.4 Å². The molecule has 1 amide bonds. The fraction of sp³-hybridized carbons (Fsp3) is 0.450. The molecule has 0 atom stereocenters. The summed E-state index contributed by atoms with van der Waals surface area (Å²) in [5.41, 5.74) is 2.16. The third-order valence-corrected chi connectivity index (χ3v) is 4.56. The minimum absolute atomic E-state index is 0.287. The van der Waals surface area contributed by atoms with Gasteiger partial charge < -0.3 is 15.5 Å². The molecule has 26 heavy (non-hydrogen) atoms. The Morgan fingerprint density at radius 1 is 1.27 bits per heavy atom. The lowest BCUT2D eigenvalue weighted by molar-refractivity contribution is -0.127. The molecule has 1 aromatic carbocycles. The summed E-state index contributed by atoms with van der Waals surface area (Å²) >= 11 is 0. The zero-order chi connectivity index (χ0) is 18.2. The summed E-state index contributed by atoms with van der Waals surface area (Å²) in [5.74, 6) is 1.09. The molecule has 2 aromatic rings. The van der Waals surface area contributed by atoms with Crippen molar-refractivity contribution in [3.63, 3.8) is 0 Å². The number of carbonyl (C=O) groups excluding carboxylic acids is 1. The molecule has 2 N–H and O–H groups in total. The molecule has 2 heterocycles. The van der Waals surface area contributed by atoms with Gasteiger partial charge in [0.25, 0.3) is 0 Å². The fourth-order valence-electron chi connectivity index (χ4n) is 3.22. The summed E-state index contributed by atoms with van der Waals surface area (Å²) in [5, 5.41) is 7.78. The van der Waals surface area contributed by atoms with Crippen molar-refractivity contribution in [2.45, 2.75) is 32.7 Å². The summed E-state index contributed by atoms with van der Waals surface area (Å²) in [6.07, 6.45) is 4.46. The summed E-state index contributed by atoms with van der Waals surface area (Å²) < 4.78 is 0. The van der Waals surface area contributed by atoms with Crippen LogP contribution in [0.25, 0.3) is 10.9 Å². The molecule has 0 unspecified atom stereocenters. The Balaban J connectivity index is 1.55. The van der Waals surface area contributed by atoms with Crippen molar-refractivity contribution < 1.29 is 4.79 Å². The third-order valence-electron chi connectivity index (χ3n) is 4.56. The minimum Gasteiger partial charge on any atom is -0.357 e. The number of hydrogen-bond acceptors (Lipinski definition) is 3. The van der Waals surface area contributed by atoms with Gasteiger partial charge in [-0.3, -0.25) is 9.78 Å². The number of nitrogens with zero attached hydrogens (tertiary/aromatic N) is 3. The van der Waals surface area contributed by atoms with Crippen molar-refractivity contribution in [3.05, 3.63) is 42.1 Å². The molecule has 0 saturated carbocycles. The first-order valence-corrected chi connectivity index (χ1v) is 9.40. The van der Waals surface area contributed by atoms with Crippen molar-refractivity contribution >= 4 is 22.8 Å². The first-order valence-electron chi connectivity index (χ1n) is 9.40. The highest BCUT2D eigenvalue weighted by Crippen LogP contribution is 2.16. The third kappa shape index (κ3) is 4.71. The van der Waals surface area contributed by atoms with Gasteiger partial charge in [-0.15, -0.1) is 0 Å². The molecule has 0 bridgehead atoms. The van der Waals surface area contributed by atoms with Gasteiger partial charge in [0.15, 0.2) is 5.96 Å². The van der Waals surface area contributed by atoms with Crippen LogP contribution in [0.4, 0.5) is 0 Å². The van der Waals surface area contributed by atoms with Gasteiger partial charge in [0.05, 0.1) is 12.1 Å². The lowest BCUT2D eigenvalue weighted by Gasteiger charge is -2.16. The molecule has 6 heteroatoms. The zero-order valence-corrected chi connectivity index (χ0v) is 15.4. The van der Waals surface area contributed by atoms with Gasteiger partial charge in [-0.25, -0.2) is 4.99 Å². The minimum atomic E-state index is 0.287. The highest BCUT2D eigenvalue weighted by atomic mass is 16.2. The van der Waals surface area contributed by atoms with E-state index in [1.807, 2.05) is 35.4 Å². The number of pyridine rings is 1. The van der Waals surface area contributed by atoms with Gasteiger partial charge in [-0.2, -0.15) is 0 Å². The molecular formula is C20H27N5O. The van der Waals surface area contributed by atoms with Crippen LogP contribution in [0.2, 0.25) is 0 Å². The zero-order valence-electron chi connectivity index (χ0n) is 15.4. The van der Waals surface area contributed by atoms with Gasteiger partial charge in [-0.1, -0.05) is 18.2 Å². The van der Waals surface area contributed by atoms with Crippen LogP contribution in [0.1, 0.15) is 31.7 Å². The molecule has 1 aliphatic rings. The van der Waals surface area contributed by atoms with Crippen LogP contribution in [0.15, 0.2) is 41.5 Å². The lowest BCUT2D eigenvalue weighted by Crippen LogP contribution is -2.39. The normalized spacial score (nSPS) is 14.9. The van der Waals surface area contributed by atoms with E-state index >= 15 is 0 Å². The number of guanidine groups is 1. The molecule has 3 rings (SSSR count). The second kappa shape index (κ2) is 9.17. The van der Waals surface area contributed by atoms with Crippen molar-refractivity contribution in [2.24, 2.45) is 4.99 Å². The molecule has 1 aromatic heterocycles. The Kier molecular flexibility index (Phi) is 6.41. The number of amides is 1. The van der Waals surface area contributed by atoms with Gasteiger partial charge >= 0.3 is 0 Å². The van der Waals surface area contributed by atoms with E-state index in [0.29, 0.717) is 13.0 Å². The van der Waals surface area contributed by atoms with Crippen molar-refractivity contribution in [2.75, 3.05) is 26.2 Å². The van der Waals surface area contributed by atoms with E-state index in [2.05, 4.69) is 28.6 Å². The van der Waals surface area contributed by atoms with Crippen LogP contribution < -0.4 is 10.6 Å². The van der Waals surface area contributed by atoms with Crippen LogP contribution >= 0.6 is 0 Å². The number of aliphatic imine (C=N–C) groups is 1. The van der Waals surface area contributed by atoms with Crippen LogP contribution in [0, 0.1) is 0 Å². The maximum Gasteiger partial charge on any atom is 0.222 e. The standard InChI is InChI=1S/C20H27N5O/c1-2-21-20(23-11-6-14-25-13-5-9-19(25)26)24-15-16-10-12-22-18-8-4-3-7-17(16)18/h3-4,7-8,10,12H,2,5-6,9,11,13-15H2,1H3,(H2,21,23,24). The van der Waals surface area contributed by atoms with Gasteiger partial charge in [0, 0.05) is 44.2 Å². The smallest absolute Gasteiger partial charge is 0.222 e. The van der Waals surface area contributed by atoms with Gasteiger partial charge in [0.1, 0.15) is 0 Å². The Bertz CT molecular complexity index is 768. The molecule has 1 aliphatic heterocycles. The monoisotopic (exact) mass is 353 g/mol. The molecule has 6 nitrogen and oxygen atoms in total. The van der Waals surface area contributed by atoms with E-state index in [-0.39, 0.29) is 5.91 Å². The highest BCUT2D eigenvalue weighted by Gasteiger charge is 2.18. The van der Waals surface area contributed by atoms with Gasteiger partial charge in [-0.05, 0) is 37.5 Å². The quantitative estimate of drug-likeness (QED) is 0.455. The number of aromatic nitrogens is 1. The number of nitrogens with one attached hydrogen (secondary N) is 2. The summed E-state index contributed by atoms with van der Waals surface area (Å²) in [6, 6.07) is 10.2. The number of rotatable bonds is 7. The number of benzene rings is 1. The molecule has 0 aliphatic carbocycles. The molecule has 0 radical (unpaired) electrons. The Labute approximate surface area is 154 Å². The number of fused-ring (bicyclic) bond motifs is 1. The first kappa shape index (κ1) is 18.2. The summed E-state index contributed by atoms with van der Waals surface area (Å²) in [7, 11) is 0. The van der Waals surface area contributed by atoms with E-state index in [9.17, 15) is 4.79 Å². The SMILES string of the molecule is CCNC(=NCc1ccnc2ccccc12)NCCCN1CCCC1=O. The number of hydrogen-bond donors (Lipinski definition) is 2. The maximum absolute atomic E-state index is 11.6. The van der Waals surface area contributed by atoms with Crippen LogP contribution in [0.5, 0.6) is 0 Å². The van der Waals surface area contributed by atoms with E-state index in [4.69, 9.17) is 4.99 Å². The Morgan fingerprint density at radius 2 is 2.15 bits per heavy atom. The number of likely N-dealkylation sites (tertiary alicyclic amines) is 1. The average Bonchev–Trinajstić information content (AvgIpc) is 3.08. The predicted molar refractivity (Wildman–Crippen MR) is 105 cm³/mol. The Hall–Kier alpha value is -2.63. The van der Waals surface area contributed by atoms with Crippen molar-refractivity contribution in [1.29, 1.82) is 0 Å². The van der Waals surface area contributed by atoms with Crippen LogP contribution in [-0.2, 0) is 11.3 Å². The number of carbonyl (C=O) groups is 1. The van der Waals surface area contributed by atoms with Crippen LogP contribution in [-0.4, -0.2) is 47.9 Å². The average molecular weight is 353 g/mol. The second-order valence-corrected chi connectivity index (χ2v) is 6.45. The number of para-hydroxylation sites is 1. The summed E-state index contributed by atoms with van der Waals surface area (Å²) in [4.78, 5) is 22.7. The lowest BCUT2D eigenvalue weighted by atomic mass is 10.1. The summed E-state index contributed by atoms with van der Waals surface area (Å²) in [6.45, 7) is 5.99. The van der Waals surface area contributed by atoms with Crippen molar-refractivity contribution in [3.8, 4) is 0 Å². The highest BCUT2D eigenvalue weighted by molar-refractivity contribution is 5.83. The second-order valence-electron chi connectivity index (χ2n) is 6.45. The molecular weight excluding hydrogens is 326 g/mol. The van der Waals surface area contributed by atoms with Gasteiger partial charge in [0.2, 0.25) is 5.91 Å². The molecule has 138 valence electrons. The molecule has 1 fully saturated rings. The predicted octanol–water partition coefficient (Wildman–Crippen LogP) is 2.30. The fourth-order valence-corrected chi connectivity index (χ4v) is 3.22. The Morgan fingerprint density at radius 3 is 2.96 bits per heavy atom. The maximum atomic E-state index is 11.6. The van der Waals surface area contributed by atoms with E-state index in [1.54, 1.807) is 0 Å². The van der Waals surface area contributed by atoms with Crippen molar-refractivity contribution in [1.82, 2.24) is 20.5 Å².